The minimum Gasteiger partial charge on any atom is -0.376 e. The van der Waals surface area contributed by atoms with Gasteiger partial charge in [-0.1, -0.05) is 28.9 Å². The van der Waals surface area contributed by atoms with Crippen LogP contribution in [0.2, 0.25) is 4.34 Å². The fourth-order valence-corrected chi connectivity index (χ4v) is 4.16. The SMILES string of the molecule is Clc1cc2c(s1)CCC2Nc1ccccc1-n1ccnn1. The lowest BCUT2D eigenvalue weighted by molar-refractivity contribution is 0.754. The van der Waals surface area contributed by atoms with Crippen LogP contribution in [-0.4, -0.2) is 15.0 Å². The zero-order valence-electron chi connectivity index (χ0n) is 11.2. The number of para-hydroxylation sites is 2. The number of fused-ring (bicyclic) bond motifs is 1. The molecule has 0 radical (unpaired) electrons. The van der Waals surface area contributed by atoms with Crippen molar-refractivity contribution in [1.29, 1.82) is 0 Å². The molecule has 0 spiro atoms. The zero-order valence-corrected chi connectivity index (χ0v) is 12.7. The molecular formula is C15H13ClN4S. The molecular weight excluding hydrogens is 304 g/mol. The van der Waals surface area contributed by atoms with Gasteiger partial charge in [0.1, 0.15) is 0 Å². The Hall–Kier alpha value is -1.85. The molecule has 4 nitrogen and oxygen atoms in total. The van der Waals surface area contributed by atoms with Crippen molar-refractivity contribution in [1.82, 2.24) is 15.0 Å². The Morgan fingerprint density at radius 3 is 3.10 bits per heavy atom. The first-order chi connectivity index (χ1) is 10.3. The van der Waals surface area contributed by atoms with Gasteiger partial charge in [-0.05, 0) is 36.6 Å². The first-order valence-electron chi connectivity index (χ1n) is 6.81. The van der Waals surface area contributed by atoms with Crippen LogP contribution in [0.1, 0.15) is 22.9 Å². The number of rotatable bonds is 3. The lowest BCUT2D eigenvalue weighted by Crippen LogP contribution is -2.09. The molecule has 1 aromatic carbocycles. The van der Waals surface area contributed by atoms with E-state index in [1.54, 1.807) is 22.2 Å². The second kappa shape index (κ2) is 5.16. The number of aromatic nitrogens is 3. The summed E-state index contributed by atoms with van der Waals surface area (Å²) in [7, 11) is 0. The predicted octanol–water partition coefficient (Wildman–Crippen LogP) is 4.08. The number of halogens is 1. The van der Waals surface area contributed by atoms with Crippen LogP contribution in [0, 0.1) is 0 Å². The molecule has 0 saturated heterocycles. The topological polar surface area (TPSA) is 42.7 Å². The van der Waals surface area contributed by atoms with E-state index in [9.17, 15) is 0 Å². The molecule has 4 rings (SSSR count). The largest absolute Gasteiger partial charge is 0.376 e. The molecule has 0 saturated carbocycles. The number of anilines is 1. The van der Waals surface area contributed by atoms with Crippen molar-refractivity contribution in [3.63, 3.8) is 0 Å². The maximum Gasteiger partial charge on any atom is 0.0934 e. The molecule has 1 unspecified atom stereocenters. The Balaban J connectivity index is 1.67. The monoisotopic (exact) mass is 316 g/mol. The van der Waals surface area contributed by atoms with Gasteiger partial charge in [-0.25, -0.2) is 4.68 Å². The maximum absolute atomic E-state index is 6.13. The third-order valence-electron chi connectivity index (χ3n) is 3.75. The highest BCUT2D eigenvalue weighted by atomic mass is 35.5. The summed E-state index contributed by atoms with van der Waals surface area (Å²) < 4.78 is 2.65. The molecule has 3 aromatic rings. The molecule has 2 heterocycles. The lowest BCUT2D eigenvalue weighted by atomic mass is 10.1. The Morgan fingerprint density at radius 1 is 1.33 bits per heavy atom. The quantitative estimate of drug-likeness (QED) is 0.791. The van der Waals surface area contributed by atoms with Crippen LogP contribution in [0.3, 0.4) is 0 Å². The summed E-state index contributed by atoms with van der Waals surface area (Å²) in [6, 6.07) is 10.5. The van der Waals surface area contributed by atoms with Crippen molar-refractivity contribution in [3.05, 3.63) is 57.5 Å². The van der Waals surface area contributed by atoms with Crippen LogP contribution in [0.25, 0.3) is 5.69 Å². The first-order valence-corrected chi connectivity index (χ1v) is 8.01. The standard InChI is InChI=1S/C15H13ClN4S/c16-15-9-10-11(5-6-14(10)21-15)18-12-3-1-2-4-13(12)20-8-7-17-19-20/h1-4,7-9,11,18H,5-6H2. The van der Waals surface area contributed by atoms with E-state index in [1.165, 1.54) is 10.4 Å². The molecule has 106 valence electrons. The van der Waals surface area contributed by atoms with Crippen LogP contribution in [0.5, 0.6) is 0 Å². The molecule has 21 heavy (non-hydrogen) atoms. The Morgan fingerprint density at radius 2 is 2.24 bits per heavy atom. The van der Waals surface area contributed by atoms with Crippen molar-refractivity contribution in [2.75, 3.05) is 5.32 Å². The second-order valence-corrected chi connectivity index (χ2v) is 6.80. The fourth-order valence-electron chi connectivity index (χ4n) is 2.80. The number of benzene rings is 1. The van der Waals surface area contributed by atoms with Crippen LogP contribution < -0.4 is 5.32 Å². The van der Waals surface area contributed by atoms with Crippen molar-refractivity contribution >= 4 is 28.6 Å². The summed E-state index contributed by atoms with van der Waals surface area (Å²) in [6.07, 6.45) is 5.73. The lowest BCUT2D eigenvalue weighted by Gasteiger charge is -2.17. The van der Waals surface area contributed by atoms with Crippen LogP contribution in [0.15, 0.2) is 42.7 Å². The van der Waals surface area contributed by atoms with Gasteiger partial charge in [-0.2, -0.15) is 0 Å². The van der Waals surface area contributed by atoms with E-state index < -0.39 is 0 Å². The van der Waals surface area contributed by atoms with Gasteiger partial charge in [0.25, 0.3) is 0 Å². The van der Waals surface area contributed by atoms with E-state index >= 15 is 0 Å². The van der Waals surface area contributed by atoms with E-state index in [2.05, 4.69) is 27.8 Å². The second-order valence-electron chi connectivity index (χ2n) is 5.03. The van der Waals surface area contributed by atoms with Gasteiger partial charge in [0.05, 0.1) is 34.1 Å². The number of thiophene rings is 1. The number of nitrogens with one attached hydrogen (secondary N) is 1. The van der Waals surface area contributed by atoms with Gasteiger partial charge in [0.2, 0.25) is 0 Å². The van der Waals surface area contributed by atoms with Crippen LogP contribution >= 0.6 is 22.9 Å². The summed E-state index contributed by atoms with van der Waals surface area (Å²) in [5.74, 6) is 0. The van der Waals surface area contributed by atoms with Crippen molar-refractivity contribution < 1.29 is 0 Å². The fraction of sp³-hybridized carbons (Fsp3) is 0.200. The maximum atomic E-state index is 6.13. The summed E-state index contributed by atoms with van der Waals surface area (Å²) in [5.41, 5.74) is 3.39. The van der Waals surface area contributed by atoms with E-state index in [0.717, 1.165) is 28.6 Å². The van der Waals surface area contributed by atoms with Gasteiger partial charge in [0, 0.05) is 4.88 Å². The molecule has 0 bridgehead atoms. The normalized spacial score (nSPS) is 16.9. The predicted molar refractivity (Wildman–Crippen MR) is 85.4 cm³/mol. The number of aryl methyl sites for hydroxylation is 1. The van der Waals surface area contributed by atoms with Gasteiger partial charge < -0.3 is 5.32 Å². The van der Waals surface area contributed by atoms with E-state index in [-0.39, 0.29) is 0 Å². The highest BCUT2D eigenvalue weighted by Gasteiger charge is 2.25. The van der Waals surface area contributed by atoms with Gasteiger partial charge in [-0.15, -0.1) is 16.4 Å². The van der Waals surface area contributed by atoms with Crippen LogP contribution in [-0.2, 0) is 6.42 Å². The van der Waals surface area contributed by atoms with Gasteiger partial charge >= 0.3 is 0 Å². The molecule has 1 N–H and O–H groups in total. The first kappa shape index (κ1) is 12.9. The molecule has 0 amide bonds. The van der Waals surface area contributed by atoms with E-state index in [0.29, 0.717) is 6.04 Å². The molecule has 1 aliphatic carbocycles. The average molecular weight is 317 g/mol. The summed E-state index contributed by atoms with van der Waals surface area (Å²) in [5, 5.41) is 11.6. The molecule has 1 aliphatic rings. The summed E-state index contributed by atoms with van der Waals surface area (Å²) in [6.45, 7) is 0. The third kappa shape index (κ3) is 2.32. The van der Waals surface area contributed by atoms with E-state index in [1.807, 2.05) is 24.4 Å². The highest BCUT2D eigenvalue weighted by Crippen LogP contribution is 2.41. The van der Waals surface area contributed by atoms with Crippen LogP contribution in [0.4, 0.5) is 5.69 Å². The zero-order chi connectivity index (χ0) is 14.2. The van der Waals surface area contributed by atoms with Crippen molar-refractivity contribution in [2.24, 2.45) is 0 Å². The number of nitrogens with zero attached hydrogens (tertiary/aromatic N) is 3. The Kier molecular flexibility index (Phi) is 3.16. The molecule has 1 atom stereocenters. The van der Waals surface area contributed by atoms with Crippen molar-refractivity contribution in [2.45, 2.75) is 18.9 Å². The number of hydrogen-bond acceptors (Lipinski definition) is 4. The Bertz CT molecular complexity index is 766. The minimum atomic E-state index is 0.313. The molecule has 6 heteroatoms. The molecule has 0 aliphatic heterocycles. The summed E-state index contributed by atoms with van der Waals surface area (Å²) in [4.78, 5) is 1.40. The number of hydrogen-bond donors (Lipinski definition) is 1. The van der Waals surface area contributed by atoms with Gasteiger partial charge in [-0.3, -0.25) is 0 Å². The summed E-state index contributed by atoms with van der Waals surface area (Å²) >= 11 is 7.82. The smallest absolute Gasteiger partial charge is 0.0934 e. The third-order valence-corrected chi connectivity index (χ3v) is 5.09. The van der Waals surface area contributed by atoms with Gasteiger partial charge in [0.15, 0.2) is 0 Å². The molecule has 2 aromatic heterocycles. The molecule has 0 fully saturated rings. The van der Waals surface area contributed by atoms with E-state index in [4.69, 9.17) is 11.6 Å². The highest BCUT2D eigenvalue weighted by molar-refractivity contribution is 7.16. The Labute approximate surface area is 131 Å². The minimum absolute atomic E-state index is 0.313. The average Bonchev–Trinajstić information content (AvgIpc) is 3.18. The van der Waals surface area contributed by atoms with Crippen molar-refractivity contribution in [3.8, 4) is 5.69 Å².